The first-order valence-electron chi connectivity index (χ1n) is 18.7. The van der Waals surface area contributed by atoms with Gasteiger partial charge in [-0.2, -0.15) is 5.10 Å². The molecule has 0 saturated carbocycles. The van der Waals surface area contributed by atoms with Crippen LogP contribution < -0.4 is 4.74 Å². The molecule has 53 heavy (non-hydrogen) atoms. The molecule has 0 saturated heterocycles. The zero-order valence-electron chi connectivity index (χ0n) is 31.8. The minimum absolute atomic E-state index is 0. The van der Waals surface area contributed by atoms with Crippen molar-refractivity contribution >= 4 is 0 Å². The molecule has 0 aliphatic heterocycles. The number of aromatic hydroxyl groups is 1. The second-order valence-corrected chi connectivity index (χ2v) is 16.8. The van der Waals surface area contributed by atoms with E-state index in [2.05, 4.69) is 127 Å². The molecule has 1 N–H and O–H groups in total. The minimum Gasteiger partial charge on any atom is -0.517 e. The van der Waals surface area contributed by atoms with Crippen LogP contribution in [-0.2, 0) is 52.2 Å². The molecule has 1 aromatic heterocycles. The Labute approximate surface area is 329 Å². The predicted octanol–water partition coefficient (Wildman–Crippen LogP) is 11.7. The van der Waals surface area contributed by atoms with Crippen molar-refractivity contribution in [2.24, 2.45) is 5.41 Å². The Morgan fingerprint density at radius 2 is 1.40 bits per heavy atom. The van der Waals surface area contributed by atoms with Gasteiger partial charge in [0.15, 0.2) is 0 Å². The van der Waals surface area contributed by atoms with Crippen molar-refractivity contribution in [1.82, 2.24) is 9.78 Å². The standard InChI is InChI=1S/C48H48N2O2.Pt/c1-30(2)41-16-11-17-42(31(3)4)45(41)36-20-38(50-29-37(28-49-50)47(5,6)7)23-40(22-36)52-39-15-10-14-32(21-39)46-43-27-48(26-35(43)18-19-44(46)51)24-33-12-8-9-13-34(33)25-48;/h8-20,22,28-31,51H,24-27H2,1-7H3;/q-2;+2. The van der Waals surface area contributed by atoms with Gasteiger partial charge in [0.2, 0.25) is 0 Å². The van der Waals surface area contributed by atoms with E-state index in [1.54, 1.807) is 0 Å². The van der Waals surface area contributed by atoms with Crippen LogP contribution in [0.1, 0.15) is 99.2 Å². The smallest absolute Gasteiger partial charge is 0.517 e. The largest absolute Gasteiger partial charge is 2.00 e. The Bertz CT molecular complexity index is 2260. The summed E-state index contributed by atoms with van der Waals surface area (Å²) in [5.41, 5.74) is 14.2. The van der Waals surface area contributed by atoms with E-state index in [0.29, 0.717) is 23.3 Å². The van der Waals surface area contributed by atoms with E-state index in [0.717, 1.165) is 53.6 Å². The van der Waals surface area contributed by atoms with Gasteiger partial charge in [-0.25, -0.2) is 0 Å². The first-order chi connectivity index (χ1) is 24.9. The summed E-state index contributed by atoms with van der Waals surface area (Å²) in [5, 5.41) is 16.1. The summed E-state index contributed by atoms with van der Waals surface area (Å²) < 4.78 is 8.61. The summed E-state index contributed by atoms with van der Waals surface area (Å²) in [6.07, 6.45) is 8.15. The Morgan fingerprint density at radius 3 is 2.04 bits per heavy atom. The maximum Gasteiger partial charge on any atom is 2.00 e. The molecule has 0 amide bonds. The molecule has 5 aromatic carbocycles. The van der Waals surface area contributed by atoms with Crippen LogP contribution in [-0.4, -0.2) is 14.9 Å². The van der Waals surface area contributed by atoms with Crippen LogP contribution in [0.5, 0.6) is 17.2 Å². The topological polar surface area (TPSA) is 47.3 Å². The summed E-state index contributed by atoms with van der Waals surface area (Å²) in [6, 6.07) is 36.8. The second kappa shape index (κ2) is 14.1. The number of phenolic OH excluding ortho intramolecular Hbond substituents is 1. The van der Waals surface area contributed by atoms with Crippen molar-refractivity contribution in [3.8, 4) is 45.2 Å². The Kier molecular flexibility index (Phi) is 9.83. The molecule has 2 aliphatic carbocycles. The number of hydrogen-bond donors (Lipinski definition) is 1. The Morgan fingerprint density at radius 1 is 0.736 bits per heavy atom. The summed E-state index contributed by atoms with van der Waals surface area (Å²) in [5.74, 6) is 2.13. The van der Waals surface area contributed by atoms with E-state index < -0.39 is 0 Å². The van der Waals surface area contributed by atoms with E-state index in [9.17, 15) is 5.11 Å². The normalized spacial score (nSPS) is 14.4. The van der Waals surface area contributed by atoms with Gasteiger partial charge in [0.05, 0.1) is 11.9 Å². The fourth-order valence-electron chi connectivity index (χ4n) is 8.56. The van der Waals surface area contributed by atoms with Crippen molar-refractivity contribution in [1.29, 1.82) is 0 Å². The van der Waals surface area contributed by atoms with Crippen molar-refractivity contribution < 1.29 is 30.9 Å². The number of hydrogen-bond acceptors (Lipinski definition) is 3. The van der Waals surface area contributed by atoms with Crippen LogP contribution >= 0.6 is 0 Å². The molecule has 6 aromatic rings. The van der Waals surface area contributed by atoms with E-state index >= 15 is 0 Å². The molecule has 4 nitrogen and oxygen atoms in total. The predicted molar refractivity (Wildman–Crippen MR) is 211 cm³/mol. The van der Waals surface area contributed by atoms with Gasteiger partial charge in [-0.1, -0.05) is 120 Å². The maximum absolute atomic E-state index is 11.4. The van der Waals surface area contributed by atoms with Crippen LogP contribution in [0, 0.1) is 17.5 Å². The zero-order chi connectivity index (χ0) is 36.4. The number of aromatic nitrogens is 2. The first kappa shape index (κ1) is 36.9. The van der Waals surface area contributed by atoms with Gasteiger partial charge in [-0.15, -0.1) is 47.5 Å². The number of fused-ring (bicyclic) bond motifs is 2. The number of rotatable bonds is 7. The summed E-state index contributed by atoms with van der Waals surface area (Å²) >= 11 is 0. The van der Waals surface area contributed by atoms with Gasteiger partial charge >= 0.3 is 21.1 Å². The van der Waals surface area contributed by atoms with Gasteiger partial charge < -0.3 is 9.84 Å². The van der Waals surface area contributed by atoms with Gasteiger partial charge in [0, 0.05) is 17.7 Å². The molecule has 0 bridgehead atoms. The molecule has 2 aliphatic rings. The van der Waals surface area contributed by atoms with Crippen molar-refractivity contribution in [3.63, 3.8) is 0 Å². The zero-order valence-corrected chi connectivity index (χ0v) is 34.1. The maximum atomic E-state index is 11.4. The van der Waals surface area contributed by atoms with Crippen LogP contribution in [0.3, 0.4) is 0 Å². The molecule has 0 radical (unpaired) electrons. The number of benzene rings is 5. The molecular weight excluding hydrogens is 832 g/mol. The van der Waals surface area contributed by atoms with Crippen LogP contribution in [0.25, 0.3) is 27.9 Å². The Balaban J connectivity index is 0.00000435. The van der Waals surface area contributed by atoms with E-state index in [4.69, 9.17) is 9.84 Å². The molecule has 0 fully saturated rings. The number of ether oxygens (including phenoxy) is 1. The molecule has 5 heteroatoms. The average molecular weight is 880 g/mol. The molecule has 1 spiro atoms. The van der Waals surface area contributed by atoms with Gasteiger partial charge in [0.1, 0.15) is 0 Å². The quantitative estimate of drug-likeness (QED) is 0.163. The summed E-state index contributed by atoms with van der Waals surface area (Å²) in [6.45, 7) is 15.6. The summed E-state index contributed by atoms with van der Waals surface area (Å²) in [7, 11) is 0. The molecule has 0 unspecified atom stereocenters. The molecule has 0 atom stereocenters. The van der Waals surface area contributed by atoms with E-state index in [1.165, 1.54) is 38.9 Å². The van der Waals surface area contributed by atoms with Crippen LogP contribution in [0.2, 0.25) is 0 Å². The van der Waals surface area contributed by atoms with Gasteiger partial charge in [-0.05, 0) is 93.5 Å². The monoisotopic (exact) mass is 879 g/mol. The second-order valence-electron chi connectivity index (χ2n) is 16.8. The average Bonchev–Trinajstić information content (AvgIpc) is 3.84. The van der Waals surface area contributed by atoms with Gasteiger partial charge in [0.25, 0.3) is 0 Å². The fourth-order valence-corrected chi connectivity index (χ4v) is 8.56. The SMILES string of the molecule is CC(C)c1cccc(C(C)C)c1-c1cc(Oc2[c-]c(-c3c(O)ccc4c3CC3(Cc5ccccc5C3)C4)ccc2)[c-]c(-n2cc(C(C)(C)C)cn2)c1.[Pt+2]. The van der Waals surface area contributed by atoms with Crippen molar-refractivity contribution in [2.45, 2.75) is 91.4 Å². The van der Waals surface area contributed by atoms with Crippen LogP contribution in [0.15, 0.2) is 97.3 Å². The van der Waals surface area contributed by atoms with Gasteiger partial charge in [-0.3, -0.25) is 4.68 Å². The third-order valence-electron chi connectivity index (χ3n) is 11.2. The van der Waals surface area contributed by atoms with Crippen LogP contribution in [0.4, 0.5) is 0 Å². The fraction of sp³-hybridized carbons (Fsp3) is 0.312. The van der Waals surface area contributed by atoms with Crippen molar-refractivity contribution in [3.05, 3.63) is 148 Å². The third kappa shape index (κ3) is 7.04. The van der Waals surface area contributed by atoms with E-state index in [-0.39, 0.29) is 37.6 Å². The molecule has 8 rings (SSSR count). The number of phenols is 1. The molecule has 272 valence electrons. The van der Waals surface area contributed by atoms with E-state index in [1.807, 2.05) is 35.1 Å². The summed E-state index contributed by atoms with van der Waals surface area (Å²) in [4.78, 5) is 0. The molecule has 1 heterocycles. The first-order valence-corrected chi connectivity index (χ1v) is 18.7. The number of nitrogens with zero attached hydrogens (tertiary/aromatic N) is 2. The minimum atomic E-state index is -0.0375. The molecular formula is C48H48N2O2Pt. The third-order valence-corrected chi connectivity index (χ3v) is 11.2. The van der Waals surface area contributed by atoms with Crippen molar-refractivity contribution in [2.75, 3.05) is 0 Å². The Hall–Kier alpha value is -4.40.